The summed E-state index contributed by atoms with van der Waals surface area (Å²) in [5.41, 5.74) is 2.43. The van der Waals surface area contributed by atoms with Crippen molar-refractivity contribution in [2.24, 2.45) is 0 Å². The number of nitrogens with one attached hydrogen (secondary N) is 2. The molecule has 0 aliphatic carbocycles. The number of rotatable bonds is 8. The monoisotopic (exact) mass is 448 g/mol. The third-order valence-corrected chi connectivity index (χ3v) is 5.51. The number of carbonyl (C=O) groups excluding carboxylic acids is 1. The van der Waals surface area contributed by atoms with E-state index in [0.29, 0.717) is 18.0 Å². The highest BCUT2D eigenvalue weighted by Crippen LogP contribution is 2.33. The predicted molar refractivity (Wildman–Crippen MR) is 118 cm³/mol. The number of nitro groups is 1. The molecule has 10 nitrogen and oxygen atoms in total. The number of amides is 1. The maximum absolute atomic E-state index is 12.5. The second-order valence-electron chi connectivity index (χ2n) is 7.21. The molecule has 0 atom stereocenters. The van der Waals surface area contributed by atoms with Gasteiger partial charge in [-0.15, -0.1) is 0 Å². The number of hydrogen-bond acceptors (Lipinski definition) is 7. The lowest BCUT2D eigenvalue weighted by Crippen LogP contribution is -2.33. The van der Waals surface area contributed by atoms with Crippen molar-refractivity contribution < 1.29 is 22.9 Å². The Hall–Kier alpha value is -3.34. The first kappa shape index (κ1) is 22.3. The molecular weight excluding hydrogens is 424 g/mol. The van der Waals surface area contributed by atoms with Gasteiger partial charge >= 0.3 is 0 Å². The maximum atomic E-state index is 12.5. The van der Waals surface area contributed by atoms with E-state index in [2.05, 4.69) is 10.0 Å². The number of fused-ring (bicyclic) bond motifs is 1. The fraction of sp³-hybridized carbons (Fsp3) is 0.350. The van der Waals surface area contributed by atoms with Crippen molar-refractivity contribution in [1.82, 2.24) is 0 Å². The van der Waals surface area contributed by atoms with Crippen molar-refractivity contribution >= 4 is 38.7 Å². The van der Waals surface area contributed by atoms with Gasteiger partial charge in [-0.2, -0.15) is 0 Å². The van der Waals surface area contributed by atoms with Crippen LogP contribution in [-0.4, -0.2) is 45.7 Å². The number of nitro benzene ring substituents is 1. The molecule has 31 heavy (non-hydrogen) atoms. The van der Waals surface area contributed by atoms with E-state index in [0.717, 1.165) is 36.9 Å². The van der Waals surface area contributed by atoms with Crippen LogP contribution in [0.3, 0.4) is 0 Å². The molecule has 0 bridgehead atoms. The molecule has 1 aliphatic heterocycles. The molecule has 11 heteroatoms. The summed E-state index contributed by atoms with van der Waals surface area (Å²) >= 11 is 0. The lowest BCUT2D eigenvalue weighted by atomic mass is 10.00. The van der Waals surface area contributed by atoms with Crippen LogP contribution in [0, 0.1) is 10.1 Å². The van der Waals surface area contributed by atoms with Crippen molar-refractivity contribution in [3.63, 3.8) is 0 Å². The predicted octanol–water partition coefficient (Wildman–Crippen LogP) is 2.76. The van der Waals surface area contributed by atoms with Gasteiger partial charge in [0.2, 0.25) is 15.9 Å². The Morgan fingerprint density at radius 3 is 2.71 bits per heavy atom. The average molecular weight is 449 g/mol. The summed E-state index contributed by atoms with van der Waals surface area (Å²) in [6, 6.07) is 9.41. The third-order valence-electron chi connectivity index (χ3n) is 4.92. The Labute approximate surface area is 180 Å². The lowest BCUT2D eigenvalue weighted by molar-refractivity contribution is -0.384. The van der Waals surface area contributed by atoms with Crippen LogP contribution in [0.5, 0.6) is 5.75 Å². The van der Waals surface area contributed by atoms with E-state index in [9.17, 15) is 23.3 Å². The molecule has 1 aliphatic rings. The number of non-ortho nitro benzene ring substituents is 1. The molecule has 166 valence electrons. The van der Waals surface area contributed by atoms with E-state index in [-0.39, 0.29) is 23.7 Å². The minimum atomic E-state index is -3.40. The first-order valence-corrected chi connectivity index (χ1v) is 11.5. The van der Waals surface area contributed by atoms with E-state index in [1.54, 1.807) is 12.1 Å². The highest BCUT2D eigenvalue weighted by molar-refractivity contribution is 7.92. The van der Waals surface area contributed by atoms with Crippen LogP contribution in [0.25, 0.3) is 0 Å². The fourth-order valence-electron chi connectivity index (χ4n) is 3.58. The molecule has 0 spiro atoms. The van der Waals surface area contributed by atoms with Crippen LogP contribution in [-0.2, 0) is 21.2 Å². The van der Waals surface area contributed by atoms with Crippen molar-refractivity contribution in [2.75, 3.05) is 41.4 Å². The van der Waals surface area contributed by atoms with Crippen LogP contribution in [0.4, 0.5) is 22.7 Å². The van der Waals surface area contributed by atoms with Crippen molar-refractivity contribution in [3.05, 3.63) is 52.1 Å². The van der Waals surface area contributed by atoms with Gasteiger partial charge in [0.15, 0.2) is 0 Å². The Morgan fingerprint density at radius 1 is 1.26 bits per heavy atom. The van der Waals surface area contributed by atoms with E-state index in [1.807, 2.05) is 11.0 Å². The van der Waals surface area contributed by atoms with Gasteiger partial charge in [0.1, 0.15) is 5.75 Å². The van der Waals surface area contributed by atoms with Crippen LogP contribution in [0.15, 0.2) is 36.4 Å². The zero-order valence-electron chi connectivity index (χ0n) is 17.3. The molecule has 0 unspecified atom stereocenters. The quantitative estimate of drug-likeness (QED) is 0.469. The number of ether oxygens (including phenoxy) is 1. The molecule has 0 saturated carbocycles. The number of nitrogens with zero attached hydrogens (tertiary/aromatic N) is 2. The number of methoxy groups -OCH3 is 1. The van der Waals surface area contributed by atoms with Gasteiger partial charge in [0.05, 0.1) is 29.7 Å². The van der Waals surface area contributed by atoms with E-state index in [4.69, 9.17) is 4.74 Å². The SMILES string of the molecule is COc1ccc([N+](=O)[O-])cc1NC(=O)CCN1CCCc2c(NS(C)(=O)=O)cccc21. The van der Waals surface area contributed by atoms with Crippen LogP contribution in [0.1, 0.15) is 18.4 Å². The Kier molecular flexibility index (Phi) is 6.64. The first-order valence-electron chi connectivity index (χ1n) is 9.65. The molecule has 0 aromatic heterocycles. The van der Waals surface area contributed by atoms with E-state index in [1.165, 1.54) is 25.3 Å². The van der Waals surface area contributed by atoms with Gasteiger partial charge in [-0.3, -0.25) is 19.6 Å². The van der Waals surface area contributed by atoms with Crippen molar-refractivity contribution in [1.29, 1.82) is 0 Å². The van der Waals surface area contributed by atoms with Crippen molar-refractivity contribution in [3.8, 4) is 5.75 Å². The minimum absolute atomic E-state index is 0.146. The summed E-state index contributed by atoms with van der Waals surface area (Å²) in [5.74, 6) is 0.0232. The Bertz CT molecular complexity index is 1100. The highest BCUT2D eigenvalue weighted by Gasteiger charge is 2.21. The number of carbonyl (C=O) groups is 1. The van der Waals surface area contributed by atoms with E-state index >= 15 is 0 Å². The van der Waals surface area contributed by atoms with Crippen molar-refractivity contribution in [2.45, 2.75) is 19.3 Å². The summed E-state index contributed by atoms with van der Waals surface area (Å²) in [4.78, 5) is 25.0. The highest BCUT2D eigenvalue weighted by atomic mass is 32.2. The molecule has 1 heterocycles. The molecule has 1 amide bonds. The smallest absolute Gasteiger partial charge is 0.271 e. The molecule has 2 aromatic rings. The summed E-state index contributed by atoms with van der Waals surface area (Å²) < 4.78 is 31.0. The number of anilines is 3. The van der Waals surface area contributed by atoms with Gasteiger partial charge in [-0.1, -0.05) is 6.07 Å². The minimum Gasteiger partial charge on any atom is -0.495 e. The summed E-state index contributed by atoms with van der Waals surface area (Å²) in [6.45, 7) is 1.15. The summed E-state index contributed by atoms with van der Waals surface area (Å²) in [7, 11) is -1.98. The van der Waals surface area contributed by atoms with E-state index < -0.39 is 14.9 Å². The largest absolute Gasteiger partial charge is 0.495 e. The van der Waals surface area contributed by atoms with Crippen LogP contribution >= 0.6 is 0 Å². The zero-order chi connectivity index (χ0) is 22.6. The molecule has 2 N–H and O–H groups in total. The zero-order valence-corrected chi connectivity index (χ0v) is 18.1. The average Bonchev–Trinajstić information content (AvgIpc) is 2.71. The number of hydrogen-bond donors (Lipinski definition) is 2. The summed E-state index contributed by atoms with van der Waals surface area (Å²) in [6.07, 6.45) is 2.83. The molecule has 3 rings (SSSR count). The number of sulfonamides is 1. The van der Waals surface area contributed by atoms with Crippen LogP contribution in [0.2, 0.25) is 0 Å². The molecule has 0 fully saturated rings. The molecule has 0 radical (unpaired) electrons. The van der Waals surface area contributed by atoms with Gasteiger partial charge in [0, 0.05) is 37.3 Å². The Balaban J connectivity index is 1.71. The topological polar surface area (TPSA) is 131 Å². The van der Waals surface area contributed by atoms with Gasteiger partial charge < -0.3 is 15.0 Å². The maximum Gasteiger partial charge on any atom is 0.271 e. The first-order chi connectivity index (χ1) is 14.7. The molecule has 2 aromatic carbocycles. The lowest BCUT2D eigenvalue weighted by Gasteiger charge is -2.32. The normalized spacial score (nSPS) is 13.3. The van der Waals surface area contributed by atoms with Gasteiger partial charge in [0.25, 0.3) is 5.69 Å². The van der Waals surface area contributed by atoms with Gasteiger partial charge in [-0.05, 0) is 36.6 Å². The molecular formula is C20H24N4O6S. The summed E-state index contributed by atoms with van der Waals surface area (Å²) in [5, 5.41) is 13.7. The van der Waals surface area contributed by atoms with Gasteiger partial charge in [-0.25, -0.2) is 8.42 Å². The standard InChI is InChI=1S/C20H24N4O6S/c1-30-19-9-8-14(24(26)27)13-17(19)21-20(25)10-12-23-11-4-5-15-16(22-31(2,28)29)6-3-7-18(15)23/h3,6-9,13,22H,4-5,10-12H2,1-2H3,(H,21,25). The van der Waals surface area contributed by atoms with Crippen LogP contribution < -0.4 is 19.7 Å². The second-order valence-corrected chi connectivity index (χ2v) is 8.96. The Morgan fingerprint density at radius 2 is 2.03 bits per heavy atom. The second kappa shape index (κ2) is 9.21. The number of benzene rings is 2. The third kappa shape index (κ3) is 5.63. The fourth-order valence-corrected chi connectivity index (χ4v) is 4.18. The molecule has 0 saturated heterocycles.